The first kappa shape index (κ1) is 15.9. The second-order valence-electron chi connectivity index (χ2n) is 4.59. The highest BCUT2D eigenvalue weighted by atomic mass is 16.5. The molecule has 0 radical (unpaired) electrons. The molecule has 19 heavy (non-hydrogen) atoms. The summed E-state index contributed by atoms with van der Waals surface area (Å²) < 4.78 is 10.5. The number of carboxylic acid groups (broad SMARTS) is 1. The van der Waals surface area contributed by atoms with Crippen LogP contribution in [0.2, 0.25) is 0 Å². The number of ether oxygens (including phenoxy) is 2. The van der Waals surface area contributed by atoms with Gasteiger partial charge in [-0.2, -0.15) is 0 Å². The number of amides is 1. The molecular weight excluding hydrogens is 250 g/mol. The number of carboxylic acids is 1. The lowest BCUT2D eigenvalue weighted by Gasteiger charge is -2.34. The average Bonchev–Trinajstić information content (AvgIpc) is 2.42. The first-order valence-corrected chi connectivity index (χ1v) is 6.80. The van der Waals surface area contributed by atoms with Gasteiger partial charge in [-0.25, -0.2) is 4.79 Å². The van der Waals surface area contributed by atoms with Crippen molar-refractivity contribution in [3.05, 3.63) is 0 Å². The molecule has 6 heteroatoms. The molecule has 0 aromatic carbocycles. The zero-order chi connectivity index (χ0) is 14.3. The minimum Gasteiger partial charge on any atom is -0.480 e. The van der Waals surface area contributed by atoms with Crippen molar-refractivity contribution in [3.8, 4) is 0 Å². The molecule has 1 rings (SSSR count). The van der Waals surface area contributed by atoms with Crippen LogP contribution in [0.3, 0.4) is 0 Å². The van der Waals surface area contributed by atoms with Gasteiger partial charge in [0.15, 0.2) is 0 Å². The van der Waals surface area contributed by atoms with Crippen molar-refractivity contribution in [2.24, 2.45) is 0 Å². The molecule has 1 aliphatic rings. The van der Waals surface area contributed by atoms with Gasteiger partial charge in [0.25, 0.3) is 5.91 Å². The second-order valence-corrected chi connectivity index (χ2v) is 4.59. The van der Waals surface area contributed by atoms with Crippen molar-refractivity contribution in [3.63, 3.8) is 0 Å². The van der Waals surface area contributed by atoms with E-state index in [1.54, 1.807) is 6.92 Å². The van der Waals surface area contributed by atoms with Crippen LogP contribution in [0.1, 0.15) is 33.1 Å². The molecule has 1 amide bonds. The third kappa shape index (κ3) is 4.80. The molecule has 1 fully saturated rings. The number of carbonyl (C=O) groups excluding carboxylic acids is 1. The fourth-order valence-electron chi connectivity index (χ4n) is 2.19. The van der Waals surface area contributed by atoms with E-state index in [4.69, 9.17) is 14.6 Å². The van der Waals surface area contributed by atoms with Crippen LogP contribution < -0.4 is 0 Å². The van der Waals surface area contributed by atoms with Crippen LogP contribution in [0.4, 0.5) is 0 Å². The quantitative estimate of drug-likeness (QED) is 0.697. The lowest BCUT2D eigenvalue weighted by atomic mass is 10.0. The smallest absolute Gasteiger partial charge is 0.326 e. The Morgan fingerprint density at radius 3 is 2.74 bits per heavy atom. The monoisotopic (exact) mass is 273 g/mol. The maximum absolute atomic E-state index is 12.2. The average molecular weight is 273 g/mol. The third-order valence-electron chi connectivity index (χ3n) is 3.22. The number of rotatable bonds is 7. The van der Waals surface area contributed by atoms with E-state index in [-0.39, 0.29) is 5.91 Å². The van der Waals surface area contributed by atoms with Crippen LogP contribution in [0, 0.1) is 0 Å². The van der Waals surface area contributed by atoms with Crippen molar-refractivity contribution < 1.29 is 24.2 Å². The Bertz CT molecular complexity index is 307. The molecule has 2 atom stereocenters. The Labute approximate surface area is 113 Å². The zero-order valence-corrected chi connectivity index (χ0v) is 11.6. The van der Waals surface area contributed by atoms with E-state index >= 15 is 0 Å². The molecule has 0 aliphatic carbocycles. The van der Waals surface area contributed by atoms with E-state index < -0.39 is 18.1 Å². The van der Waals surface area contributed by atoms with Crippen LogP contribution in [0.25, 0.3) is 0 Å². The highest BCUT2D eigenvalue weighted by Crippen LogP contribution is 2.18. The molecule has 0 bridgehead atoms. The molecule has 1 aliphatic heterocycles. The minimum absolute atomic E-state index is 0.247. The predicted molar refractivity (Wildman–Crippen MR) is 68.9 cm³/mol. The number of nitrogens with zero attached hydrogens (tertiary/aromatic N) is 1. The van der Waals surface area contributed by atoms with Gasteiger partial charge in [0.1, 0.15) is 12.1 Å². The topological polar surface area (TPSA) is 76.1 Å². The van der Waals surface area contributed by atoms with E-state index in [0.29, 0.717) is 32.8 Å². The molecule has 1 unspecified atom stereocenters. The first-order valence-electron chi connectivity index (χ1n) is 6.80. The van der Waals surface area contributed by atoms with E-state index in [9.17, 15) is 9.59 Å². The van der Waals surface area contributed by atoms with Gasteiger partial charge in [0.05, 0.1) is 13.2 Å². The Balaban J connectivity index is 2.46. The molecule has 110 valence electrons. The number of likely N-dealkylation sites (tertiary alicyclic amines) is 1. The zero-order valence-electron chi connectivity index (χ0n) is 11.6. The maximum atomic E-state index is 12.2. The summed E-state index contributed by atoms with van der Waals surface area (Å²) in [6.07, 6.45) is 1.59. The van der Waals surface area contributed by atoms with Gasteiger partial charge < -0.3 is 19.5 Å². The minimum atomic E-state index is -0.936. The second kappa shape index (κ2) is 8.12. The fraction of sp³-hybridized carbons (Fsp3) is 0.846. The number of hydrogen-bond acceptors (Lipinski definition) is 4. The van der Waals surface area contributed by atoms with Gasteiger partial charge in [-0.05, 0) is 33.1 Å². The van der Waals surface area contributed by atoms with Crippen molar-refractivity contribution >= 4 is 11.9 Å². The molecule has 0 aromatic rings. The highest BCUT2D eigenvalue weighted by molar-refractivity contribution is 5.86. The normalized spacial score (nSPS) is 21.2. The lowest BCUT2D eigenvalue weighted by Crippen LogP contribution is -2.51. The van der Waals surface area contributed by atoms with Crippen molar-refractivity contribution in [1.29, 1.82) is 0 Å². The molecule has 0 aromatic heterocycles. The maximum Gasteiger partial charge on any atom is 0.326 e. The summed E-state index contributed by atoms with van der Waals surface area (Å²) >= 11 is 0. The van der Waals surface area contributed by atoms with Crippen LogP contribution in [-0.2, 0) is 19.1 Å². The number of piperidine rings is 1. The number of aliphatic carboxylic acids is 1. The summed E-state index contributed by atoms with van der Waals surface area (Å²) in [4.78, 5) is 24.7. The summed E-state index contributed by atoms with van der Waals surface area (Å²) in [5, 5.41) is 9.13. The molecule has 0 spiro atoms. The van der Waals surface area contributed by atoms with Crippen molar-refractivity contribution in [2.75, 3.05) is 26.4 Å². The SMILES string of the molecule is CCOCCOC(C)C(=O)N1CCCC[C@@H]1C(=O)O. The van der Waals surface area contributed by atoms with Gasteiger partial charge in [0.2, 0.25) is 0 Å². The standard InChI is InChI=1S/C13H23NO5/c1-3-18-8-9-19-10(2)12(15)14-7-5-4-6-11(14)13(16)17/h10-11H,3-9H2,1-2H3,(H,16,17)/t10?,11-/m1/s1. The van der Waals surface area contributed by atoms with Gasteiger partial charge >= 0.3 is 5.97 Å². The summed E-state index contributed by atoms with van der Waals surface area (Å²) in [6, 6.07) is -0.709. The Morgan fingerprint density at radius 1 is 1.37 bits per heavy atom. The molecular formula is C13H23NO5. The highest BCUT2D eigenvalue weighted by Gasteiger charge is 2.34. The predicted octanol–water partition coefficient (Wildman–Crippen LogP) is 0.894. The van der Waals surface area contributed by atoms with Gasteiger partial charge in [-0.15, -0.1) is 0 Å². The van der Waals surface area contributed by atoms with E-state index in [1.807, 2.05) is 6.92 Å². The van der Waals surface area contributed by atoms with E-state index in [2.05, 4.69) is 0 Å². The van der Waals surface area contributed by atoms with E-state index in [1.165, 1.54) is 4.90 Å². The summed E-state index contributed by atoms with van der Waals surface area (Å²) in [7, 11) is 0. The third-order valence-corrected chi connectivity index (χ3v) is 3.22. The molecule has 1 heterocycles. The number of hydrogen-bond donors (Lipinski definition) is 1. The van der Waals surface area contributed by atoms with Crippen LogP contribution in [0.15, 0.2) is 0 Å². The summed E-state index contributed by atoms with van der Waals surface area (Å²) in [5.74, 6) is -1.18. The summed E-state index contributed by atoms with van der Waals surface area (Å²) in [5.41, 5.74) is 0. The van der Waals surface area contributed by atoms with Gasteiger partial charge in [0, 0.05) is 13.2 Å². The Hall–Kier alpha value is -1.14. The number of carbonyl (C=O) groups is 2. The molecule has 0 saturated carbocycles. The van der Waals surface area contributed by atoms with Crippen molar-refractivity contribution in [1.82, 2.24) is 4.90 Å². The van der Waals surface area contributed by atoms with Crippen LogP contribution >= 0.6 is 0 Å². The largest absolute Gasteiger partial charge is 0.480 e. The molecule has 1 N–H and O–H groups in total. The summed E-state index contributed by atoms with van der Waals surface area (Å²) in [6.45, 7) is 5.43. The lowest BCUT2D eigenvalue weighted by molar-refractivity contribution is -0.157. The first-order chi connectivity index (χ1) is 9.07. The van der Waals surface area contributed by atoms with Gasteiger partial charge in [-0.3, -0.25) is 4.79 Å². The van der Waals surface area contributed by atoms with Gasteiger partial charge in [-0.1, -0.05) is 0 Å². The molecule has 1 saturated heterocycles. The van der Waals surface area contributed by atoms with Crippen molar-refractivity contribution in [2.45, 2.75) is 45.3 Å². The fourth-order valence-corrected chi connectivity index (χ4v) is 2.19. The Kier molecular flexibility index (Phi) is 6.80. The van der Waals surface area contributed by atoms with Crippen LogP contribution in [0.5, 0.6) is 0 Å². The molecule has 6 nitrogen and oxygen atoms in total. The van der Waals surface area contributed by atoms with Crippen LogP contribution in [-0.4, -0.2) is 60.4 Å². The Morgan fingerprint density at radius 2 is 2.11 bits per heavy atom. The van der Waals surface area contributed by atoms with E-state index in [0.717, 1.165) is 12.8 Å².